The average Bonchev–Trinajstić information content (AvgIpc) is 2.39. The second-order valence-corrected chi connectivity index (χ2v) is 6.55. The number of sulfonamides is 1. The predicted molar refractivity (Wildman–Crippen MR) is 69.8 cm³/mol. The summed E-state index contributed by atoms with van der Waals surface area (Å²) in [5, 5.41) is 3.29. The summed E-state index contributed by atoms with van der Waals surface area (Å²) in [6.07, 6.45) is 3.45. The van der Waals surface area contributed by atoms with Crippen LogP contribution in [0, 0.1) is 6.92 Å². The van der Waals surface area contributed by atoms with Crippen LogP contribution < -0.4 is 5.32 Å². The molecule has 0 radical (unpaired) electrons. The van der Waals surface area contributed by atoms with Gasteiger partial charge in [-0.1, -0.05) is 0 Å². The Morgan fingerprint density at radius 1 is 1.50 bits per heavy atom. The number of likely N-dealkylation sites (N-methyl/N-ethyl adjacent to an activating group) is 1. The SMILES string of the molecule is CN[C@H]1CCCN(S(=O)(=O)c2cc(C)ccn2)C1. The molecule has 1 aliphatic rings. The molecule has 0 unspecified atom stereocenters. The standard InChI is InChI=1S/C12H19N3O2S/c1-10-5-6-14-12(8-10)18(16,17)15-7-3-4-11(9-15)13-2/h5-6,8,11,13H,3-4,7,9H2,1-2H3/t11-/m0/s1. The van der Waals surface area contributed by atoms with Crippen LogP contribution in [0.1, 0.15) is 18.4 Å². The lowest BCUT2D eigenvalue weighted by Crippen LogP contribution is -2.47. The fraction of sp³-hybridized carbons (Fsp3) is 0.583. The third-order valence-electron chi connectivity index (χ3n) is 3.29. The number of pyridine rings is 1. The van der Waals surface area contributed by atoms with Crippen molar-refractivity contribution >= 4 is 10.0 Å². The summed E-state index contributed by atoms with van der Waals surface area (Å²) in [5.74, 6) is 0. The molecule has 0 aliphatic carbocycles. The molecule has 0 spiro atoms. The number of hydrogen-bond acceptors (Lipinski definition) is 4. The Hall–Kier alpha value is -0.980. The Labute approximate surface area is 108 Å². The molecule has 2 rings (SSSR count). The molecule has 0 saturated carbocycles. The number of aromatic nitrogens is 1. The number of piperidine rings is 1. The summed E-state index contributed by atoms with van der Waals surface area (Å²) < 4.78 is 26.4. The lowest BCUT2D eigenvalue weighted by molar-refractivity contribution is 0.292. The summed E-state index contributed by atoms with van der Waals surface area (Å²) in [4.78, 5) is 3.99. The molecule has 6 heteroatoms. The molecule has 1 N–H and O–H groups in total. The number of nitrogens with zero attached hydrogens (tertiary/aromatic N) is 2. The van der Waals surface area contributed by atoms with Gasteiger partial charge in [-0.3, -0.25) is 0 Å². The molecular weight excluding hydrogens is 250 g/mol. The molecule has 18 heavy (non-hydrogen) atoms. The molecule has 1 atom stereocenters. The maximum absolute atomic E-state index is 12.4. The highest BCUT2D eigenvalue weighted by molar-refractivity contribution is 7.89. The van der Waals surface area contributed by atoms with Gasteiger partial charge in [-0.2, -0.15) is 4.31 Å². The molecule has 1 saturated heterocycles. The van der Waals surface area contributed by atoms with Crippen molar-refractivity contribution in [2.75, 3.05) is 20.1 Å². The van der Waals surface area contributed by atoms with E-state index < -0.39 is 10.0 Å². The van der Waals surface area contributed by atoms with E-state index in [1.165, 1.54) is 4.31 Å². The zero-order chi connectivity index (χ0) is 13.2. The lowest BCUT2D eigenvalue weighted by Gasteiger charge is -2.31. The molecule has 100 valence electrons. The molecule has 2 heterocycles. The number of rotatable bonds is 3. The highest BCUT2D eigenvalue weighted by Crippen LogP contribution is 2.19. The van der Waals surface area contributed by atoms with Gasteiger partial charge in [-0.15, -0.1) is 0 Å². The van der Waals surface area contributed by atoms with E-state index in [0.717, 1.165) is 18.4 Å². The van der Waals surface area contributed by atoms with Crippen molar-refractivity contribution in [3.05, 3.63) is 23.9 Å². The van der Waals surface area contributed by atoms with Crippen LogP contribution in [-0.4, -0.2) is 43.9 Å². The van der Waals surface area contributed by atoms with E-state index in [2.05, 4.69) is 10.3 Å². The summed E-state index contributed by atoms with van der Waals surface area (Å²) in [7, 11) is -1.58. The molecular formula is C12H19N3O2S. The van der Waals surface area contributed by atoms with Crippen LogP contribution in [0.25, 0.3) is 0 Å². The topological polar surface area (TPSA) is 62.3 Å². The minimum absolute atomic E-state index is 0.152. The monoisotopic (exact) mass is 269 g/mol. The quantitative estimate of drug-likeness (QED) is 0.880. The molecule has 5 nitrogen and oxygen atoms in total. The van der Waals surface area contributed by atoms with Crippen LogP contribution in [0.2, 0.25) is 0 Å². The van der Waals surface area contributed by atoms with Gasteiger partial charge in [0.1, 0.15) is 0 Å². The lowest BCUT2D eigenvalue weighted by atomic mass is 10.1. The van der Waals surface area contributed by atoms with Crippen LogP contribution in [0.3, 0.4) is 0 Å². The zero-order valence-corrected chi connectivity index (χ0v) is 11.6. The first-order valence-electron chi connectivity index (χ1n) is 6.14. The average molecular weight is 269 g/mol. The molecule has 1 aliphatic heterocycles. The zero-order valence-electron chi connectivity index (χ0n) is 10.8. The first kappa shape index (κ1) is 13.5. The van der Waals surface area contributed by atoms with E-state index in [9.17, 15) is 8.42 Å². The Kier molecular flexibility index (Phi) is 3.99. The Morgan fingerprint density at radius 2 is 2.28 bits per heavy atom. The van der Waals surface area contributed by atoms with Crippen molar-refractivity contribution in [1.29, 1.82) is 0 Å². The first-order valence-corrected chi connectivity index (χ1v) is 7.58. The minimum atomic E-state index is -3.45. The maximum Gasteiger partial charge on any atom is 0.260 e. The van der Waals surface area contributed by atoms with Crippen molar-refractivity contribution in [1.82, 2.24) is 14.6 Å². The van der Waals surface area contributed by atoms with Gasteiger partial charge in [-0.25, -0.2) is 13.4 Å². The summed E-state index contributed by atoms with van der Waals surface area (Å²) in [6, 6.07) is 3.66. The second-order valence-electron chi connectivity index (χ2n) is 4.66. The predicted octanol–water partition coefficient (Wildman–Crippen LogP) is 0.763. The smallest absolute Gasteiger partial charge is 0.260 e. The van der Waals surface area contributed by atoms with Crippen molar-refractivity contribution < 1.29 is 8.42 Å². The highest BCUT2D eigenvalue weighted by atomic mass is 32.2. The fourth-order valence-electron chi connectivity index (χ4n) is 2.18. The van der Waals surface area contributed by atoms with Gasteiger partial charge >= 0.3 is 0 Å². The maximum atomic E-state index is 12.4. The molecule has 1 aromatic rings. The van der Waals surface area contributed by atoms with Crippen molar-refractivity contribution in [3.63, 3.8) is 0 Å². The van der Waals surface area contributed by atoms with E-state index in [-0.39, 0.29) is 11.1 Å². The van der Waals surface area contributed by atoms with Crippen molar-refractivity contribution in [2.24, 2.45) is 0 Å². The molecule has 0 amide bonds. The fourth-order valence-corrected chi connectivity index (χ4v) is 3.72. The van der Waals surface area contributed by atoms with E-state index in [0.29, 0.717) is 13.1 Å². The van der Waals surface area contributed by atoms with Crippen LogP contribution in [0.5, 0.6) is 0 Å². The van der Waals surface area contributed by atoms with E-state index in [1.807, 2.05) is 14.0 Å². The van der Waals surface area contributed by atoms with E-state index in [4.69, 9.17) is 0 Å². The Balaban J connectivity index is 2.25. The van der Waals surface area contributed by atoms with Gasteiger partial charge in [0, 0.05) is 25.3 Å². The minimum Gasteiger partial charge on any atom is -0.316 e. The van der Waals surface area contributed by atoms with E-state index in [1.54, 1.807) is 18.3 Å². The normalized spacial score (nSPS) is 22.0. The van der Waals surface area contributed by atoms with Gasteiger partial charge in [0.15, 0.2) is 5.03 Å². The van der Waals surface area contributed by atoms with E-state index >= 15 is 0 Å². The number of hydrogen-bond donors (Lipinski definition) is 1. The van der Waals surface area contributed by atoms with Crippen molar-refractivity contribution in [2.45, 2.75) is 30.8 Å². The van der Waals surface area contributed by atoms with Gasteiger partial charge in [-0.05, 0) is 44.5 Å². The van der Waals surface area contributed by atoms with Crippen LogP contribution in [0.15, 0.2) is 23.4 Å². The summed E-state index contributed by atoms with van der Waals surface area (Å²) in [5.41, 5.74) is 0.908. The summed E-state index contributed by atoms with van der Waals surface area (Å²) >= 11 is 0. The molecule has 1 fully saturated rings. The van der Waals surface area contributed by atoms with Crippen LogP contribution in [0.4, 0.5) is 0 Å². The Bertz CT molecular complexity index is 516. The van der Waals surface area contributed by atoms with Gasteiger partial charge in [0.25, 0.3) is 10.0 Å². The second kappa shape index (κ2) is 5.34. The van der Waals surface area contributed by atoms with Gasteiger partial charge < -0.3 is 5.32 Å². The first-order chi connectivity index (χ1) is 8.54. The molecule has 0 bridgehead atoms. The summed E-state index contributed by atoms with van der Waals surface area (Å²) in [6.45, 7) is 2.97. The van der Waals surface area contributed by atoms with Crippen molar-refractivity contribution in [3.8, 4) is 0 Å². The molecule has 1 aromatic heterocycles. The largest absolute Gasteiger partial charge is 0.316 e. The van der Waals surface area contributed by atoms with Crippen LogP contribution in [-0.2, 0) is 10.0 Å². The highest BCUT2D eigenvalue weighted by Gasteiger charge is 2.30. The Morgan fingerprint density at radius 3 is 2.94 bits per heavy atom. The third-order valence-corrected chi connectivity index (χ3v) is 5.05. The van der Waals surface area contributed by atoms with Gasteiger partial charge in [0.05, 0.1) is 0 Å². The van der Waals surface area contributed by atoms with Gasteiger partial charge in [0.2, 0.25) is 0 Å². The number of nitrogens with one attached hydrogen (secondary N) is 1. The van der Waals surface area contributed by atoms with Crippen LogP contribution >= 0.6 is 0 Å². The number of aryl methyl sites for hydroxylation is 1. The molecule has 0 aromatic carbocycles. The third kappa shape index (κ3) is 2.71.